The maximum Gasteiger partial charge on any atom is 0.0851 e. The number of hydrogen-bond acceptors (Lipinski definition) is 1. The zero-order chi connectivity index (χ0) is 11.1. The fourth-order valence-electron chi connectivity index (χ4n) is 2.44. The Labute approximate surface area is 93.9 Å². The minimum absolute atomic E-state index is 0.269. The summed E-state index contributed by atoms with van der Waals surface area (Å²) in [5.74, 6) is 0.472. The van der Waals surface area contributed by atoms with Crippen LogP contribution in [-0.2, 0) is 0 Å². The van der Waals surface area contributed by atoms with Gasteiger partial charge in [0.25, 0.3) is 0 Å². The van der Waals surface area contributed by atoms with Gasteiger partial charge in [0.2, 0.25) is 0 Å². The number of rotatable bonds is 5. The Morgan fingerprint density at radius 2 is 2.07 bits per heavy atom. The van der Waals surface area contributed by atoms with Crippen LogP contribution < -0.4 is 0 Å². The highest BCUT2D eigenvalue weighted by atomic mass is 16.3. The average molecular weight is 208 g/mol. The molecular weight excluding hydrogens is 184 g/mol. The predicted molar refractivity (Wildman–Crippen MR) is 64.8 cm³/mol. The molecule has 1 nitrogen and oxygen atoms in total. The second-order valence-electron chi connectivity index (χ2n) is 4.65. The van der Waals surface area contributed by atoms with Crippen LogP contribution in [0.3, 0.4) is 0 Å². The monoisotopic (exact) mass is 208 g/mol. The molecule has 1 N–H and O–H groups in total. The van der Waals surface area contributed by atoms with Crippen LogP contribution in [0.15, 0.2) is 17.9 Å². The van der Waals surface area contributed by atoms with Crippen LogP contribution in [0.2, 0.25) is 0 Å². The zero-order valence-electron chi connectivity index (χ0n) is 9.97. The molecule has 1 fully saturated rings. The summed E-state index contributed by atoms with van der Waals surface area (Å²) in [7, 11) is 0. The molecule has 0 amide bonds. The standard InChI is InChI=1S/C14H24O/c1-3-5-9-12(4-2)14(15)13-10-7-6-8-11-13/h13-15H,2-3,5-11H2,1H3/t14-/m0/s1. The van der Waals surface area contributed by atoms with Crippen LogP contribution in [0.4, 0.5) is 0 Å². The van der Waals surface area contributed by atoms with Gasteiger partial charge in [-0.15, -0.1) is 5.73 Å². The molecule has 0 spiro atoms. The molecule has 86 valence electrons. The van der Waals surface area contributed by atoms with E-state index in [9.17, 15) is 5.11 Å². The highest BCUT2D eigenvalue weighted by Gasteiger charge is 2.23. The minimum atomic E-state index is -0.269. The van der Waals surface area contributed by atoms with E-state index in [0.717, 1.165) is 18.4 Å². The van der Waals surface area contributed by atoms with Crippen molar-refractivity contribution in [2.75, 3.05) is 0 Å². The molecule has 1 aliphatic carbocycles. The Morgan fingerprint density at radius 3 is 2.60 bits per heavy atom. The second-order valence-corrected chi connectivity index (χ2v) is 4.65. The van der Waals surface area contributed by atoms with E-state index in [4.69, 9.17) is 0 Å². The summed E-state index contributed by atoms with van der Waals surface area (Å²) in [6.45, 7) is 5.88. The van der Waals surface area contributed by atoms with Crippen molar-refractivity contribution in [1.82, 2.24) is 0 Å². The summed E-state index contributed by atoms with van der Waals surface area (Å²) in [5.41, 5.74) is 4.00. The number of hydrogen-bond donors (Lipinski definition) is 1. The van der Waals surface area contributed by atoms with E-state index in [0.29, 0.717) is 5.92 Å². The molecule has 0 aromatic carbocycles. The summed E-state index contributed by atoms with van der Waals surface area (Å²) in [6.07, 6.45) is 9.26. The van der Waals surface area contributed by atoms with E-state index in [1.165, 1.54) is 38.5 Å². The highest BCUT2D eigenvalue weighted by Crippen LogP contribution is 2.30. The van der Waals surface area contributed by atoms with E-state index in [-0.39, 0.29) is 6.10 Å². The molecule has 1 rings (SSSR count). The maximum atomic E-state index is 10.2. The van der Waals surface area contributed by atoms with Gasteiger partial charge in [-0.05, 0) is 37.2 Å². The third kappa shape index (κ3) is 3.85. The number of aliphatic hydroxyl groups is 1. The Kier molecular flexibility index (Phi) is 5.75. The lowest BCUT2D eigenvalue weighted by molar-refractivity contribution is 0.112. The molecule has 0 radical (unpaired) electrons. The lowest BCUT2D eigenvalue weighted by Crippen LogP contribution is -2.24. The van der Waals surface area contributed by atoms with Gasteiger partial charge in [-0.25, -0.2) is 0 Å². The van der Waals surface area contributed by atoms with Crippen molar-refractivity contribution in [3.05, 3.63) is 17.9 Å². The summed E-state index contributed by atoms with van der Waals surface area (Å²) in [4.78, 5) is 0. The van der Waals surface area contributed by atoms with Crippen molar-refractivity contribution in [3.63, 3.8) is 0 Å². The van der Waals surface area contributed by atoms with Crippen LogP contribution in [0, 0.1) is 5.92 Å². The van der Waals surface area contributed by atoms with Crippen LogP contribution in [0.1, 0.15) is 58.3 Å². The van der Waals surface area contributed by atoms with Gasteiger partial charge in [-0.3, -0.25) is 0 Å². The Balaban J connectivity index is 2.47. The zero-order valence-corrected chi connectivity index (χ0v) is 9.97. The normalized spacial score (nSPS) is 19.6. The fraction of sp³-hybridized carbons (Fsp3) is 0.786. The first-order chi connectivity index (χ1) is 7.29. The van der Waals surface area contributed by atoms with Crippen LogP contribution in [-0.4, -0.2) is 11.2 Å². The van der Waals surface area contributed by atoms with Crippen molar-refractivity contribution < 1.29 is 5.11 Å². The molecule has 0 aromatic heterocycles. The summed E-state index contributed by atoms with van der Waals surface area (Å²) in [6, 6.07) is 0. The fourth-order valence-corrected chi connectivity index (χ4v) is 2.44. The molecule has 0 aromatic rings. The van der Waals surface area contributed by atoms with Crippen molar-refractivity contribution in [1.29, 1.82) is 0 Å². The smallest absolute Gasteiger partial charge is 0.0851 e. The molecular formula is C14H24O. The Bertz CT molecular complexity index is 219. The first kappa shape index (κ1) is 12.5. The van der Waals surface area contributed by atoms with Gasteiger partial charge in [0.05, 0.1) is 6.10 Å². The van der Waals surface area contributed by atoms with Gasteiger partial charge in [0.1, 0.15) is 0 Å². The van der Waals surface area contributed by atoms with Crippen molar-refractivity contribution in [3.8, 4) is 0 Å². The van der Waals surface area contributed by atoms with Crippen LogP contribution in [0.5, 0.6) is 0 Å². The second kappa shape index (κ2) is 6.87. The summed E-state index contributed by atoms with van der Waals surface area (Å²) in [5, 5.41) is 10.2. The average Bonchev–Trinajstić information content (AvgIpc) is 2.31. The predicted octanol–water partition coefficient (Wildman–Crippen LogP) is 3.83. The molecule has 15 heavy (non-hydrogen) atoms. The molecule has 1 saturated carbocycles. The van der Waals surface area contributed by atoms with E-state index >= 15 is 0 Å². The van der Waals surface area contributed by atoms with Crippen molar-refractivity contribution >= 4 is 0 Å². The maximum absolute atomic E-state index is 10.2. The quantitative estimate of drug-likeness (QED) is 0.681. The first-order valence-electron chi connectivity index (χ1n) is 6.36. The van der Waals surface area contributed by atoms with Gasteiger partial charge >= 0.3 is 0 Å². The summed E-state index contributed by atoms with van der Waals surface area (Å²) < 4.78 is 0. The topological polar surface area (TPSA) is 20.2 Å². The first-order valence-corrected chi connectivity index (χ1v) is 6.36. The SMILES string of the molecule is C=C=C(CCCC)[C@H](O)C1CCCCC1. The minimum Gasteiger partial charge on any atom is -0.388 e. The van der Waals surface area contributed by atoms with Gasteiger partial charge in [-0.1, -0.05) is 39.2 Å². The summed E-state index contributed by atoms with van der Waals surface area (Å²) >= 11 is 0. The van der Waals surface area contributed by atoms with E-state index in [1.807, 2.05) is 0 Å². The molecule has 0 aliphatic heterocycles. The van der Waals surface area contributed by atoms with Crippen molar-refractivity contribution in [2.24, 2.45) is 5.92 Å². The number of unbranched alkanes of at least 4 members (excludes halogenated alkanes) is 1. The van der Waals surface area contributed by atoms with Crippen molar-refractivity contribution in [2.45, 2.75) is 64.4 Å². The molecule has 0 unspecified atom stereocenters. The highest BCUT2D eigenvalue weighted by molar-refractivity contribution is 5.07. The Morgan fingerprint density at radius 1 is 1.40 bits per heavy atom. The molecule has 0 heterocycles. The van der Waals surface area contributed by atoms with Gasteiger partial charge in [-0.2, -0.15) is 0 Å². The molecule has 1 atom stereocenters. The number of aliphatic hydroxyl groups excluding tert-OH is 1. The third-order valence-electron chi connectivity index (χ3n) is 3.48. The Hall–Kier alpha value is -0.520. The van der Waals surface area contributed by atoms with E-state index in [2.05, 4.69) is 19.2 Å². The molecule has 0 saturated heterocycles. The van der Waals surface area contributed by atoms with Gasteiger partial charge < -0.3 is 5.11 Å². The lowest BCUT2D eigenvalue weighted by Gasteiger charge is -2.27. The third-order valence-corrected chi connectivity index (χ3v) is 3.48. The van der Waals surface area contributed by atoms with Gasteiger partial charge in [0.15, 0.2) is 0 Å². The lowest BCUT2D eigenvalue weighted by atomic mass is 9.82. The largest absolute Gasteiger partial charge is 0.388 e. The molecule has 0 bridgehead atoms. The van der Waals surface area contributed by atoms with Crippen LogP contribution in [0.25, 0.3) is 0 Å². The van der Waals surface area contributed by atoms with E-state index < -0.39 is 0 Å². The molecule has 1 heteroatoms. The van der Waals surface area contributed by atoms with Gasteiger partial charge in [0, 0.05) is 0 Å². The van der Waals surface area contributed by atoms with E-state index in [1.54, 1.807) is 0 Å². The van der Waals surface area contributed by atoms with Crippen LogP contribution >= 0.6 is 0 Å². The molecule has 1 aliphatic rings.